The number of nitrogens with zero attached hydrogens (tertiary/aromatic N) is 2. The molecule has 1 N–H and O–H groups in total. The summed E-state index contributed by atoms with van der Waals surface area (Å²) in [6.45, 7) is 8.11. The number of nitriles is 1. The summed E-state index contributed by atoms with van der Waals surface area (Å²) in [5.74, 6) is -0.105. The molecular weight excluding hydrogens is 409 g/mol. The van der Waals surface area contributed by atoms with Crippen LogP contribution in [0.5, 0.6) is 5.75 Å². The Morgan fingerprint density at radius 2 is 2.10 bits per heavy atom. The molecule has 2 aromatic carbocycles. The van der Waals surface area contributed by atoms with Gasteiger partial charge in [-0.05, 0) is 61.7 Å². The van der Waals surface area contributed by atoms with E-state index in [2.05, 4.69) is 22.6 Å². The SMILES string of the molecule is CCCNCC1(COc2ccc(C#N)c(F)c2)CN(Sc2ccc(C)cc2Cl)C1. The molecule has 0 bridgehead atoms. The van der Waals surface area contributed by atoms with E-state index in [1.807, 2.05) is 25.1 Å². The van der Waals surface area contributed by atoms with Gasteiger partial charge in [0.25, 0.3) is 0 Å². The second kappa shape index (κ2) is 9.82. The smallest absolute Gasteiger partial charge is 0.144 e. The van der Waals surface area contributed by atoms with Crippen molar-refractivity contribution in [2.45, 2.75) is 25.2 Å². The fourth-order valence-corrected chi connectivity index (χ4v) is 4.85. The number of benzene rings is 2. The first-order chi connectivity index (χ1) is 13.9. The van der Waals surface area contributed by atoms with E-state index < -0.39 is 5.82 Å². The van der Waals surface area contributed by atoms with Gasteiger partial charge in [-0.1, -0.05) is 24.6 Å². The molecule has 0 aromatic heterocycles. The first-order valence-corrected chi connectivity index (χ1v) is 10.8. The molecule has 0 unspecified atom stereocenters. The Hall–Kier alpha value is -1.78. The minimum Gasteiger partial charge on any atom is -0.493 e. The van der Waals surface area contributed by atoms with Crippen molar-refractivity contribution in [3.05, 3.63) is 58.4 Å². The van der Waals surface area contributed by atoms with Crippen molar-refractivity contribution >= 4 is 23.5 Å². The number of hydrogen-bond donors (Lipinski definition) is 1. The largest absolute Gasteiger partial charge is 0.493 e. The zero-order chi connectivity index (χ0) is 20.9. The zero-order valence-corrected chi connectivity index (χ0v) is 18.2. The van der Waals surface area contributed by atoms with Gasteiger partial charge in [0.2, 0.25) is 0 Å². The summed E-state index contributed by atoms with van der Waals surface area (Å²) >= 11 is 8.02. The first-order valence-electron chi connectivity index (χ1n) is 9.67. The Kier molecular flexibility index (Phi) is 7.42. The van der Waals surface area contributed by atoms with Gasteiger partial charge >= 0.3 is 0 Å². The molecule has 154 valence electrons. The maximum absolute atomic E-state index is 13.8. The summed E-state index contributed by atoms with van der Waals surface area (Å²) in [6, 6.07) is 12.3. The fourth-order valence-electron chi connectivity index (χ4n) is 3.28. The molecule has 1 saturated heterocycles. The third-order valence-corrected chi connectivity index (χ3v) is 6.37. The number of aryl methyl sites for hydroxylation is 1. The molecule has 1 heterocycles. The van der Waals surface area contributed by atoms with Gasteiger partial charge in [-0.25, -0.2) is 8.70 Å². The van der Waals surface area contributed by atoms with Gasteiger partial charge in [-0.15, -0.1) is 0 Å². The molecule has 1 aliphatic rings. The molecule has 7 heteroatoms. The van der Waals surface area contributed by atoms with Gasteiger partial charge < -0.3 is 10.1 Å². The van der Waals surface area contributed by atoms with E-state index >= 15 is 0 Å². The number of nitrogens with one attached hydrogen (secondary N) is 1. The van der Waals surface area contributed by atoms with Crippen molar-refractivity contribution in [3.8, 4) is 11.8 Å². The van der Waals surface area contributed by atoms with Crippen LogP contribution in [-0.2, 0) is 0 Å². The maximum Gasteiger partial charge on any atom is 0.144 e. The second-order valence-corrected chi connectivity index (χ2v) is 9.09. The van der Waals surface area contributed by atoms with Crippen LogP contribution < -0.4 is 10.1 Å². The molecule has 1 aliphatic heterocycles. The highest BCUT2D eigenvalue weighted by molar-refractivity contribution is 7.97. The van der Waals surface area contributed by atoms with Crippen molar-refractivity contribution in [2.24, 2.45) is 5.41 Å². The average Bonchev–Trinajstić information content (AvgIpc) is 2.66. The lowest BCUT2D eigenvalue weighted by Crippen LogP contribution is -2.60. The highest BCUT2D eigenvalue weighted by Gasteiger charge is 2.44. The van der Waals surface area contributed by atoms with Gasteiger partial charge in [0.1, 0.15) is 17.6 Å². The minimum absolute atomic E-state index is 0.0258. The molecule has 3 rings (SSSR count). The number of hydrogen-bond acceptors (Lipinski definition) is 5. The Morgan fingerprint density at radius 1 is 1.31 bits per heavy atom. The zero-order valence-electron chi connectivity index (χ0n) is 16.7. The molecule has 0 amide bonds. The molecule has 4 nitrogen and oxygen atoms in total. The van der Waals surface area contributed by atoms with Crippen LogP contribution >= 0.6 is 23.5 Å². The van der Waals surface area contributed by atoms with Crippen LogP contribution in [0.1, 0.15) is 24.5 Å². The average molecular weight is 434 g/mol. The topological polar surface area (TPSA) is 48.3 Å². The van der Waals surface area contributed by atoms with Crippen molar-refractivity contribution < 1.29 is 9.13 Å². The third-order valence-electron chi connectivity index (χ3n) is 4.87. The van der Waals surface area contributed by atoms with Gasteiger partial charge in [-0.2, -0.15) is 5.26 Å². The van der Waals surface area contributed by atoms with E-state index in [-0.39, 0.29) is 11.0 Å². The van der Waals surface area contributed by atoms with E-state index in [1.165, 1.54) is 12.1 Å². The highest BCUT2D eigenvalue weighted by atomic mass is 35.5. The standard InChI is InChI=1S/C22H25ClFN3OS/c1-3-8-26-12-22(15-28-18-6-5-17(11-25)20(24)10-18)13-27(14-22)29-21-7-4-16(2)9-19(21)23/h4-7,9-10,26H,3,8,12-15H2,1-2H3. The summed E-state index contributed by atoms with van der Waals surface area (Å²) in [6.07, 6.45) is 1.06. The highest BCUT2D eigenvalue weighted by Crippen LogP contribution is 2.40. The molecule has 0 atom stereocenters. The lowest BCUT2D eigenvalue weighted by atomic mass is 9.82. The molecule has 0 radical (unpaired) electrons. The van der Waals surface area contributed by atoms with Gasteiger partial charge in [0, 0.05) is 36.0 Å². The van der Waals surface area contributed by atoms with Crippen LogP contribution in [0.25, 0.3) is 0 Å². The summed E-state index contributed by atoms with van der Waals surface area (Å²) in [7, 11) is 0. The lowest BCUT2D eigenvalue weighted by molar-refractivity contribution is 0.0258. The summed E-state index contributed by atoms with van der Waals surface area (Å²) in [4.78, 5) is 1.04. The molecule has 1 fully saturated rings. The number of rotatable bonds is 9. The van der Waals surface area contributed by atoms with E-state index in [9.17, 15) is 4.39 Å². The third kappa shape index (κ3) is 5.64. The van der Waals surface area contributed by atoms with Crippen molar-refractivity contribution in [2.75, 3.05) is 32.8 Å². The first kappa shape index (κ1) is 21.9. The summed E-state index contributed by atoms with van der Waals surface area (Å²) in [5, 5.41) is 13.1. The summed E-state index contributed by atoms with van der Waals surface area (Å²) in [5.41, 5.74) is 1.12. The van der Waals surface area contributed by atoms with Crippen molar-refractivity contribution in [1.82, 2.24) is 9.62 Å². The van der Waals surface area contributed by atoms with Crippen LogP contribution in [0.2, 0.25) is 5.02 Å². The van der Waals surface area contributed by atoms with Crippen LogP contribution in [-0.4, -0.2) is 37.1 Å². The van der Waals surface area contributed by atoms with Crippen LogP contribution in [0.3, 0.4) is 0 Å². The molecular formula is C22H25ClFN3OS. The molecule has 0 saturated carbocycles. The van der Waals surface area contributed by atoms with E-state index in [0.717, 1.165) is 48.1 Å². The molecule has 0 spiro atoms. The minimum atomic E-state index is -0.553. The predicted octanol–water partition coefficient (Wildman–Crippen LogP) is 5.05. The van der Waals surface area contributed by atoms with Crippen molar-refractivity contribution in [3.63, 3.8) is 0 Å². The fraction of sp³-hybridized carbons (Fsp3) is 0.409. The molecule has 0 aliphatic carbocycles. The van der Waals surface area contributed by atoms with Crippen molar-refractivity contribution in [1.29, 1.82) is 5.26 Å². The Labute approximate surface area is 181 Å². The second-order valence-electron chi connectivity index (χ2n) is 7.54. The molecule has 29 heavy (non-hydrogen) atoms. The Bertz CT molecular complexity index is 896. The predicted molar refractivity (Wildman–Crippen MR) is 116 cm³/mol. The monoisotopic (exact) mass is 433 g/mol. The maximum atomic E-state index is 13.8. The van der Waals surface area contributed by atoms with Gasteiger partial charge in [0.15, 0.2) is 0 Å². The van der Waals surface area contributed by atoms with Gasteiger partial charge in [-0.3, -0.25) is 0 Å². The van der Waals surface area contributed by atoms with Crippen LogP contribution in [0.4, 0.5) is 4.39 Å². The van der Waals surface area contributed by atoms with E-state index in [4.69, 9.17) is 21.6 Å². The lowest BCUT2D eigenvalue weighted by Gasteiger charge is -2.49. The Morgan fingerprint density at radius 3 is 2.76 bits per heavy atom. The van der Waals surface area contributed by atoms with Crippen LogP contribution in [0, 0.1) is 29.5 Å². The quantitative estimate of drug-likeness (QED) is 0.443. The van der Waals surface area contributed by atoms with E-state index in [0.29, 0.717) is 12.4 Å². The number of halogens is 2. The van der Waals surface area contributed by atoms with Gasteiger partial charge in [0.05, 0.1) is 17.2 Å². The molecule has 2 aromatic rings. The van der Waals surface area contributed by atoms with Crippen LogP contribution in [0.15, 0.2) is 41.3 Å². The van der Waals surface area contributed by atoms with E-state index in [1.54, 1.807) is 18.0 Å². The summed E-state index contributed by atoms with van der Waals surface area (Å²) < 4.78 is 22.0. The normalized spacial score (nSPS) is 15.6. The Balaban J connectivity index is 1.61. The number of ether oxygens (including phenoxy) is 1.